The molecule has 0 atom stereocenters. The van der Waals surface area contributed by atoms with Crippen LogP contribution in [0.2, 0.25) is 0 Å². The van der Waals surface area contributed by atoms with Gasteiger partial charge >= 0.3 is 6.09 Å². The molecular formula is C20H28FN3O2. The van der Waals surface area contributed by atoms with Crippen molar-refractivity contribution >= 4 is 6.09 Å². The number of nitriles is 1. The standard InChI is InChI=1S/C17H21FN2.C3H7NO2/c18-15-5-3-4-14(12-15)17(13-19)8-6-16(7-9-17)20-10-1-2-11-20;1-2-6-3(4)5/h3-5,12,16H,1-2,6-11H2;2H2,1H3,(H2,4,5). The molecule has 1 aromatic carbocycles. The minimum absolute atomic E-state index is 0.237. The lowest BCUT2D eigenvalue weighted by Crippen LogP contribution is -2.40. The van der Waals surface area contributed by atoms with Crippen LogP contribution in [0, 0.1) is 17.1 Å². The fourth-order valence-corrected chi connectivity index (χ4v) is 3.96. The van der Waals surface area contributed by atoms with Crippen molar-refractivity contribution in [2.24, 2.45) is 5.73 Å². The highest BCUT2D eigenvalue weighted by molar-refractivity contribution is 5.64. The Labute approximate surface area is 154 Å². The zero-order chi connectivity index (χ0) is 19.0. The van der Waals surface area contributed by atoms with E-state index in [0.29, 0.717) is 12.6 Å². The molecule has 1 amide bonds. The Bertz CT molecular complexity index is 630. The molecule has 6 heteroatoms. The zero-order valence-electron chi connectivity index (χ0n) is 15.4. The van der Waals surface area contributed by atoms with Crippen LogP contribution in [-0.4, -0.2) is 36.7 Å². The first kappa shape index (κ1) is 20.2. The smallest absolute Gasteiger partial charge is 0.404 e. The minimum Gasteiger partial charge on any atom is -0.450 e. The largest absolute Gasteiger partial charge is 0.450 e. The number of nitrogens with zero attached hydrogens (tertiary/aromatic N) is 2. The molecule has 3 rings (SSSR count). The van der Waals surface area contributed by atoms with Crippen LogP contribution in [0.25, 0.3) is 0 Å². The number of nitrogens with two attached hydrogens (primary N) is 1. The number of carbonyl (C=O) groups excluding carboxylic acids is 1. The van der Waals surface area contributed by atoms with Crippen molar-refractivity contribution in [1.82, 2.24) is 4.90 Å². The normalized spacial score (nSPS) is 25.7. The van der Waals surface area contributed by atoms with E-state index in [1.165, 1.54) is 32.0 Å². The van der Waals surface area contributed by atoms with E-state index in [0.717, 1.165) is 31.2 Å². The first-order chi connectivity index (χ1) is 12.5. The van der Waals surface area contributed by atoms with Gasteiger partial charge in [-0.15, -0.1) is 0 Å². The molecule has 2 N–H and O–H groups in total. The maximum atomic E-state index is 13.4. The van der Waals surface area contributed by atoms with Crippen LogP contribution in [0.3, 0.4) is 0 Å². The Kier molecular flexibility index (Phi) is 7.40. The Morgan fingerprint density at radius 3 is 2.50 bits per heavy atom. The van der Waals surface area contributed by atoms with Crippen LogP contribution in [0.15, 0.2) is 24.3 Å². The van der Waals surface area contributed by atoms with Crippen LogP contribution in [0.1, 0.15) is 51.0 Å². The fourth-order valence-electron chi connectivity index (χ4n) is 3.96. The summed E-state index contributed by atoms with van der Waals surface area (Å²) in [6, 6.07) is 9.73. The lowest BCUT2D eigenvalue weighted by atomic mass is 9.69. The van der Waals surface area contributed by atoms with Crippen molar-refractivity contribution in [2.75, 3.05) is 19.7 Å². The third-order valence-electron chi connectivity index (χ3n) is 5.34. The van der Waals surface area contributed by atoms with Gasteiger partial charge in [0.05, 0.1) is 18.1 Å². The molecule has 142 valence electrons. The van der Waals surface area contributed by atoms with Gasteiger partial charge in [0, 0.05) is 6.04 Å². The summed E-state index contributed by atoms with van der Waals surface area (Å²) >= 11 is 0. The van der Waals surface area contributed by atoms with Crippen molar-refractivity contribution in [1.29, 1.82) is 5.26 Å². The molecule has 0 spiro atoms. The van der Waals surface area contributed by atoms with E-state index in [1.807, 2.05) is 6.07 Å². The average Bonchev–Trinajstić information content (AvgIpc) is 3.17. The lowest BCUT2D eigenvalue weighted by molar-refractivity contribution is 0.163. The van der Waals surface area contributed by atoms with Gasteiger partial charge in [-0.3, -0.25) is 0 Å². The number of likely N-dealkylation sites (tertiary alicyclic amines) is 1. The van der Waals surface area contributed by atoms with Gasteiger partial charge in [0.1, 0.15) is 5.82 Å². The van der Waals surface area contributed by atoms with Crippen LogP contribution < -0.4 is 5.73 Å². The lowest BCUT2D eigenvalue weighted by Gasteiger charge is -2.39. The quantitative estimate of drug-likeness (QED) is 0.890. The minimum atomic E-state index is -0.711. The summed E-state index contributed by atoms with van der Waals surface area (Å²) in [5.41, 5.74) is 4.93. The summed E-state index contributed by atoms with van der Waals surface area (Å²) in [7, 11) is 0. The molecule has 0 unspecified atom stereocenters. The van der Waals surface area contributed by atoms with Gasteiger partial charge in [0.15, 0.2) is 0 Å². The van der Waals surface area contributed by atoms with Crippen LogP contribution >= 0.6 is 0 Å². The molecule has 26 heavy (non-hydrogen) atoms. The highest BCUT2D eigenvalue weighted by atomic mass is 19.1. The SMILES string of the molecule is CCOC(N)=O.N#CC1(c2cccc(F)c2)CCC(N2CCCC2)CC1. The Balaban J connectivity index is 0.000000352. The number of hydrogen-bond donors (Lipinski definition) is 1. The summed E-state index contributed by atoms with van der Waals surface area (Å²) < 4.78 is 17.6. The second-order valence-electron chi connectivity index (χ2n) is 6.93. The Morgan fingerprint density at radius 1 is 1.38 bits per heavy atom. The topological polar surface area (TPSA) is 79.3 Å². The van der Waals surface area contributed by atoms with Gasteiger partial charge < -0.3 is 15.4 Å². The monoisotopic (exact) mass is 361 g/mol. The van der Waals surface area contributed by atoms with Gasteiger partial charge in [-0.1, -0.05) is 12.1 Å². The van der Waals surface area contributed by atoms with Gasteiger partial charge in [-0.05, 0) is 76.2 Å². The maximum absolute atomic E-state index is 13.4. The van der Waals surface area contributed by atoms with E-state index in [1.54, 1.807) is 19.1 Å². The molecule has 1 aliphatic carbocycles. The molecule has 1 saturated carbocycles. The van der Waals surface area contributed by atoms with Gasteiger partial charge in [0.2, 0.25) is 0 Å². The van der Waals surface area contributed by atoms with Crippen molar-refractivity contribution in [3.05, 3.63) is 35.6 Å². The summed E-state index contributed by atoms with van der Waals surface area (Å²) in [6.07, 6.45) is 5.74. The number of benzene rings is 1. The van der Waals surface area contributed by atoms with Crippen molar-refractivity contribution < 1.29 is 13.9 Å². The second-order valence-corrected chi connectivity index (χ2v) is 6.93. The maximum Gasteiger partial charge on any atom is 0.404 e. The number of rotatable bonds is 3. The highest BCUT2D eigenvalue weighted by Gasteiger charge is 2.39. The zero-order valence-corrected chi connectivity index (χ0v) is 15.4. The molecule has 0 radical (unpaired) electrons. The van der Waals surface area contributed by atoms with E-state index in [9.17, 15) is 14.4 Å². The summed E-state index contributed by atoms with van der Waals surface area (Å²) in [6.45, 7) is 4.48. The summed E-state index contributed by atoms with van der Waals surface area (Å²) in [5.74, 6) is -0.237. The third kappa shape index (κ3) is 5.18. The predicted octanol–water partition coefficient (Wildman–Crippen LogP) is 3.73. The molecule has 1 heterocycles. The molecule has 0 aromatic heterocycles. The molecule has 5 nitrogen and oxygen atoms in total. The molecule has 2 fully saturated rings. The Morgan fingerprint density at radius 2 is 2.04 bits per heavy atom. The van der Waals surface area contributed by atoms with Gasteiger partial charge in [0.25, 0.3) is 0 Å². The first-order valence-corrected chi connectivity index (χ1v) is 9.34. The van der Waals surface area contributed by atoms with Crippen LogP contribution in [0.4, 0.5) is 9.18 Å². The molecule has 0 bridgehead atoms. The number of halogens is 1. The molecule has 1 aliphatic heterocycles. The van der Waals surface area contributed by atoms with Gasteiger partial charge in [-0.25, -0.2) is 9.18 Å². The van der Waals surface area contributed by atoms with E-state index < -0.39 is 11.5 Å². The Hall–Kier alpha value is -2.13. The molecular weight excluding hydrogens is 333 g/mol. The highest BCUT2D eigenvalue weighted by Crippen LogP contribution is 2.41. The fraction of sp³-hybridized carbons (Fsp3) is 0.600. The van der Waals surface area contributed by atoms with Crippen LogP contribution in [-0.2, 0) is 10.2 Å². The number of hydrogen-bond acceptors (Lipinski definition) is 4. The molecule has 1 saturated heterocycles. The van der Waals surface area contributed by atoms with Crippen LogP contribution in [0.5, 0.6) is 0 Å². The van der Waals surface area contributed by atoms with Gasteiger partial charge in [-0.2, -0.15) is 5.26 Å². The summed E-state index contributed by atoms with van der Waals surface area (Å²) in [5, 5.41) is 9.65. The second kappa shape index (κ2) is 9.54. The first-order valence-electron chi connectivity index (χ1n) is 9.34. The predicted molar refractivity (Wildman–Crippen MR) is 98.0 cm³/mol. The molecule has 1 aromatic rings. The van der Waals surface area contributed by atoms with Crippen molar-refractivity contribution in [3.8, 4) is 6.07 Å². The number of amides is 1. The van der Waals surface area contributed by atoms with E-state index in [4.69, 9.17) is 0 Å². The van der Waals surface area contributed by atoms with E-state index >= 15 is 0 Å². The average molecular weight is 361 g/mol. The number of primary amides is 1. The number of ether oxygens (including phenoxy) is 1. The van der Waals surface area contributed by atoms with E-state index in [2.05, 4.69) is 21.4 Å². The molecule has 2 aliphatic rings. The summed E-state index contributed by atoms with van der Waals surface area (Å²) in [4.78, 5) is 12.2. The third-order valence-corrected chi connectivity index (χ3v) is 5.34. The van der Waals surface area contributed by atoms with E-state index in [-0.39, 0.29) is 5.82 Å². The van der Waals surface area contributed by atoms with Crippen molar-refractivity contribution in [2.45, 2.75) is 56.9 Å². The number of carbonyl (C=O) groups is 1. The van der Waals surface area contributed by atoms with Crippen molar-refractivity contribution in [3.63, 3.8) is 0 Å².